The zero-order chi connectivity index (χ0) is 14.7. The van der Waals surface area contributed by atoms with Gasteiger partial charge in [0.05, 0.1) is 5.56 Å². The van der Waals surface area contributed by atoms with E-state index in [-0.39, 0.29) is 23.4 Å². The van der Waals surface area contributed by atoms with Crippen LogP contribution in [0.5, 0.6) is 0 Å². The predicted octanol–water partition coefficient (Wildman–Crippen LogP) is 3.67. The second-order valence-electron chi connectivity index (χ2n) is 4.09. The Kier molecular flexibility index (Phi) is 4.34. The maximum atomic E-state index is 13.5. The van der Waals surface area contributed by atoms with Crippen LogP contribution in [0.3, 0.4) is 0 Å². The molecule has 0 fully saturated rings. The molecule has 3 nitrogen and oxygen atoms in total. The quantitative estimate of drug-likeness (QED) is 0.684. The molecule has 0 bridgehead atoms. The van der Waals surface area contributed by atoms with E-state index in [0.717, 1.165) is 12.1 Å². The van der Waals surface area contributed by atoms with Crippen molar-refractivity contribution >= 4 is 27.6 Å². The minimum Gasteiger partial charge on any atom is -0.457 e. The number of carbonyl (C=O) groups is 1. The van der Waals surface area contributed by atoms with Gasteiger partial charge in [0.1, 0.15) is 18.2 Å². The number of nitrogens with two attached hydrogens (primary N) is 1. The van der Waals surface area contributed by atoms with Crippen molar-refractivity contribution in [1.29, 1.82) is 0 Å². The van der Waals surface area contributed by atoms with Gasteiger partial charge in [0.15, 0.2) is 0 Å². The normalized spacial score (nSPS) is 10.3. The monoisotopic (exact) mass is 341 g/mol. The van der Waals surface area contributed by atoms with Crippen molar-refractivity contribution < 1.29 is 18.3 Å². The Labute approximate surface area is 122 Å². The van der Waals surface area contributed by atoms with Crippen LogP contribution >= 0.6 is 15.9 Å². The van der Waals surface area contributed by atoms with Crippen LogP contribution in [0.25, 0.3) is 0 Å². The lowest BCUT2D eigenvalue weighted by Gasteiger charge is -2.07. The lowest BCUT2D eigenvalue weighted by atomic mass is 10.2. The van der Waals surface area contributed by atoms with E-state index in [0.29, 0.717) is 4.47 Å². The summed E-state index contributed by atoms with van der Waals surface area (Å²) in [7, 11) is 0. The number of hydrogen-bond donors (Lipinski definition) is 1. The van der Waals surface area contributed by atoms with Crippen LogP contribution in [0, 0.1) is 11.6 Å². The number of halogens is 3. The molecule has 2 aromatic carbocycles. The molecule has 0 aliphatic rings. The molecule has 0 atom stereocenters. The van der Waals surface area contributed by atoms with Gasteiger partial charge in [-0.15, -0.1) is 0 Å². The molecule has 104 valence electrons. The van der Waals surface area contributed by atoms with Crippen LogP contribution in [-0.2, 0) is 11.3 Å². The topological polar surface area (TPSA) is 52.3 Å². The van der Waals surface area contributed by atoms with E-state index in [1.165, 1.54) is 24.3 Å². The summed E-state index contributed by atoms with van der Waals surface area (Å²) in [6, 6.07) is 7.69. The number of carbonyl (C=O) groups excluding carboxylic acids is 1. The fourth-order valence-electron chi connectivity index (χ4n) is 1.61. The van der Waals surface area contributed by atoms with Crippen LogP contribution < -0.4 is 5.73 Å². The van der Waals surface area contributed by atoms with E-state index in [9.17, 15) is 13.6 Å². The van der Waals surface area contributed by atoms with E-state index < -0.39 is 17.6 Å². The van der Waals surface area contributed by atoms with Crippen molar-refractivity contribution in [2.24, 2.45) is 0 Å². The fourth-order valence-corrected chi connectivity index (χ4v) is 2.02. The molecule has 6 heteroatoms. The predicted molar refractivity (Wildman–Crippen MR) is 74.0 cm³/mol. The summed E-state index contributed by atoms with van der Waals surface area (Å²) in [5, 5.41) is 0. The summed E-state index contributed by atoms with van der Waals surface area (Å²) in [5.41, 5.74) is 5.75. The molecule has 0 heterocycles. The number of anilines is 1. The first kappa shape index (κ1) is 14.5. The Hall–Kier alpha value is -1.95. The summed E-state index contributed by atoms with van der Waals surface area (Å²) in [4.78, 5) is 11.7. The first-order valence-corrected chi connectivity index (χ1v) is 6.42. The van der Waals surface area contributed by atoms with Crippen molar-refractivity contribution in [2.45, 2.75) is 6.61 Å². The summed E-state index contributed by atoms with van der Waals surface area (Å²) in [6.45, 7) is -0.249. The van der Waals surface area contributed by atoms with E-state index >= 15 is 0 Å². The highest BCUT2D eigenvalue weighted by Crippen LogP contribution is 2.17. The lowest BCUT2D eigenvalue weighted by Crippen LogP contribution is -2.07. The Morgan fingerprint density at radius 3 is 2.65 bits per heavy atom. The van der Waals surface area contributed by atoms with Crippen molar-refractivity contribution in [1.82, 2.24) is 0 Å². The standard InChI is InChI=1S/C14H10BrF2NO2/c15-10-1-2-13(17)9(3-10)7-20-14(19)8-4-11(16)6-12(18)5-8/h1-6H,7,18H2. The molecule has 0 amide bonds. The molecule has 0 aliphatic heterocycles. The van der Waals surface area contributed by atoms with Gasteiger partial charge in [0.2, 0.25) is 0 Å². The lowest BCUT2D eigenvalue weighted by molar-refractivity contribution is 0.0468. The highest BCUT2D eigenvalue weighted by Gasteiger charge is 2.11. The molecule has 0 unspecified atom stereocenters. The van der Waals surface area contributed by atoms with E-state index in [4.69, 9.17) is 10.5 Å². The van der Waals surface area contributed by atoms with Gasteiger partial charge in [0.25, 0.3) is 0 Å². The van der Waals surface area contributed by atoms with Crippen LogP contribution in [0.4, 0.5) is 14.5 Å². The second-order valence-corrected chi connectivity index (χ2v) is 5.00. The SMILES string of the molecule is Nc1cc(F)cc(C(=O)OCc2cc(Br)ccc2F)c1. The summed E-state index contributed by atoms with van der Waals surface area (Å²) in [6.07, 6.45) is 0. The zero-order valence-electron chi connectivity index (χ0n) is 10.2. The third-order valence-electron chi connectivity index (χ3n) is 2.52. The number of rotatable bonds is 3. The third-order valence-corrected chi connectivity index (χ3v) is 3.02. The second kappa shape index (κ2) is 6.00. The largest absolute Gasteiger partial charge is 0.457 e. The number of benzene rings is 2. The maximum Gasteiger partial charge on any atom is 0.338 e. The Morgan fingerprint density at radius 2 is 1.95 bits per heavy atom. The Morgan fingerprint density at radius 1 is 1.20 bits per heavy atom. The number of hydrogen-bond acceptors (Lipinski definition) is 3. The Bertz CT molecular complexity index is 641. The maximum absolute atomic E-state index is 13.5. The number of nitrogen functional groups attached to an aromatic ring is 1. The first-order chi connectivity index (χ1) is 9.45. The van der Waals surface area contributed by atoms with Gasteiger partial charge in [-0.1, -0.05) is 15.9 Å². The number of esters is 1. The minimum absolute atomic E-state index is 0.0158. The molecular weight excluding hydrogens is 332 g/mol. The Balaban J connectivity index is 2.10. The summed E-state index contributed by atoms with van der Waals surface area (Å²) >= 11 is 3.19. The molecular formula is C14H10BrF2NO2. The molecule has 0 saturated heterocycles. The molecule has 0 saturated carbocycles. The van der Waals surface area contributed by atoms with Crippen LogP contribution in [-0.4, -0.2) is 5.97 Å². The van der Waals surface area contributed by atoms with E-state index in [2.05, 4.69) is 15.9 Å². The first-order valence-electron chi connectivity index (χ1n) is 5.63. The van der Waals surface area contributed by atoms with Crippen LogP contribution in [0.1, 0.15) is 15.9 Å². The van der Waals surface area contributed by atoms with Gasteiger partial charge in [0, 0.05) is 15.7 Å². The molecule has 20 heavy (non-hydrogen) atoms. The van der Waals surface area contributed by atoms with E-state index in [1.807, 2.05) is 0 Å². The molecule has 0 aliphatic carbocycles. The molecule has 2 N–H and O–H groups in total. The van der Waals surface area contributed by atoms with Crippen LogP contribution in [0.2, 0.25) is 0 Å². The third kappa shape index (κ3) is 3.54. The molecule has 0 radical (unpaired) electrons. The smallest absolute Gasteiger partial charge is 0.338 e. The van der Waals surface area contributed by atoms with Crippen molar-refractivity contribution in [2.75, 3.05) is 5.73 Å². The van der Waals surface area contributed by atoms with Crippen molar-refractivity contribution in [3.8, 4) is 0 Å². The van der Waals surface area contributed by atoms with Gasteiger partial charge >= 0.3 is 5.97 Å². The zero-order valence-corrected chi connectivity index (χ0v) is 11.8. The van der Waals surface area contributed by atoms with Gasteiger partial charge in [-0.3, -0.25) is 0 Å². The highest BCUT2D eigenvalue weighted by molar-refractivity contribution is 9.10. The van der Waals surface area contributed by atoms with Gasteiger partial charge in [-0.2, -0.15) is 0 Å². The fraction of sp³-hybridized carbons (Fsp3) is 0.0714. The molecule has 0 aromatic heterocycles. The highest BCUT2D eigenvalue weighted by atomic mass is 79.9. The average molecular weight is 342 g/mol. The summed E-state index contributed by atoms with van der Waals surface area (Å²) < 4.78 is 32.2. The number of ether oxygens (including phenoxy) is 1. The minimum atomic E-state index is -0.768. The van der Waals surface area contributed by atoms with Gasteiger partial charge in [-0.25, -0.2) is 13.6 Å². The van der Waals surface area contributed by atoms with Crippen molar-refractivity contribution in [3.05, 3.63) is 63.6 Å². The van der Waals surface area contributed by atoms with Gasteiger partial charge < -0.3 is 10.5 Å². The van der Waals surface area contributed by atoms with Crippen molar-refractivity contribution in [3.63, 3.8) is 0 Å². The molecule has 2 aromatic rings. The van der Waals surface area contributed by atoms with E-state index in [1.54, 1.807) is 0 Å². The van der Waals surface area contributed by atoms with Crippen LogP contribution in [0.15, 0.2) is 40.9 Å². The summed E-state index contributed by atoms with van der Waals surface area (Å²) in [5.74, 6) is -1.89. The molecule has 2 rings (SSSR count). The molecule has 0 spiro atoms. The van der Waals surface area contributed by atoms with Gasteiger partial charge in [-0.05, 0) is 36.4 Å². The average Bonchev–Trinajstić information content (AvgIpc) is 2.38.